The topological polar surface area (TPSA) is 155 Å². The van der Waals surface area contributed by atoms with Crippen molar-refractivity contribution in [2.75, 3.05) is 5.75 Å². The third-order valence-corrected chi connectivity index (χ3v) is 8.45. The van der Waals surface area contributed by atoms with Crippen LogP contribution >= 0.6 is 11.8 Å². The van der Waals surface area contributed by atoms with Crippen LogP contribution < -0.4 is 5.32 Å². The molecular formula is C33H38N2O8S. The zero-order chi connectivity index (χ0) is 31.3. The predicted octanol–water partition coefficient (Wildman–Crippen LogP) is 5.65. The maximum Gasteiger partial charge on any atom is 0.338 e. The number of ether oxygens (including phenoxy) is 2. The maximum atomic E-state index is 12.2. The van der Waals surface area contributed by atoms with Crippen LogP contribution in [0, 0.1) is 0 Å². The molecule has 1 aliphatic heterocycles. The number of nitrogens with one attached hydrogen (secondary N) is 1. The van der Waals surface area contributed by atoms with Crippen molar-refractivity contribution >= 4 is 29.6 Å². The van der Waals surface area contributed by atoms with Gasteiger partial charge in [0.05, 0.1) is 24.4 Å². The summed E-state index contributed by atoms with van der Waals surface area (Å²) in [6, 6.07) is 18.4. The summed E-state index contributed by atoms with van der Waals surface area (Å²) < 4.78 is 12.7. The zero-order valence-corrected chi connectivity index (χ0v) is 25.2. The first-order valence-electron chi connectivity index (χ1n) is 14.7. The minimum Gasteiger partial charge on any atom is -0.481 e. The van der Waals surface area contributed by atoms with Crippen molar-refractivity contribution in [2.24, 2.45) is 0 Å². The van der Waals surface area contributed by atoms with Crippen molar-refractivity contribution in [3.05, 3.63) is 94.7 Å². The smallest absolute Gasteiger partial charge is 0.338 e. The van der Waals surface area contributed by atoms with Gasteiger partial charge in [0.25, 0.3) is 0 Å². The average Bonchev–Trinajstić information content (AvgIpc) is 3.04. The van der Waals surface area contributed by atoms with Crippen molar-refractivity contribution in [3.8, 4) is 0 Å². The number of hydrogen-bond donors (Lipinski definition) is 4. The van der Waals surface area contributed by atoms with Crippen LogP contribution in [0.4, 0.5) is 0 Å². The molecule has 11 heteroatoms. The number of pyridine rings is 1. The second kappa shape index (κ2) is 16.9. The summed E-state index contributed by atoms with van der Waals surface area (Å²) in [5, 5.41) is 31.0. The number of aliphatic hydroxyl groups is 1. The number of aromatic carboxylic acids is 1. The molecule has 4 rings (SSSR count). The molecule has 1 saturated heterocycles. The van der Waals surface area contributed by atoms with E-state index in [0.29, 0.717) is 36.6 Å². The van der Waals surface area contributed by atoms with Gasteiger partial charge in [0, 0.05) is 43.3 Å². The molecule has 2 heterocycles. The number of amides is 1. The highest BCUT2D eigenvalue weighted by molar-refractivity contribution is 7.99. The van der Waals surface area contributed by atoms with E-state index in [4.69, 9.17) is 14.6 Å². The molecule has 1 fully saturated rings. The second-order valence-corrected chi connectivity index (χ2v) is 11.7. The van der Waals surface area contributed by atoms with Gasteiger partial charge < -0.3 is 30.1 Å². The first-order valence-corrected chi connectivity index (χ1v) is 15.7. The van der Waals surface area contributed by atoms with Gasteiger partial charge in [-0.2, -0.15) is 0 Å². The van der Waals surface area contributed by atoms with Gasteiger partial charge >= 0.3 is 11.9 Å². The van der Waals surface area contributed by atoms with Crippen molar-refractivity contribution in [2.45, 2.75) is 81.6 Å². The number of carboxylic acid groups (broad SMARTS) is 2. The van der Waals surface area contributed by atoms with E-state index in [-0.39, 0.29) is 36.7 Å². The highest BCUT2D eigenvalue weighted by Gasteiger charge is 2.32. The van der Waals surface area contributed by atoms with Crippen LogP contribution in [0.5, 0.6) is 0 Å². The van der Waals surface area contributed by atoms with Crippen LogP contribution in [0.2, 0.25) is 0 Å². The number of aliphatic hydroxyl groups excluding tert-OH is 1. The normalized spacial score (nSPS) is 18.1. The minimum atomic E-state index is -1.03. The van der Waals surface area contributed by atoms with Crippen LogP contribution in [0.25, 0.3) is 0 Å². The van der Waals surface area contributed by atoms with Crippen molar-refractivity contribution in [1.82, 2.24) is 10.3 Å². The van der Waals surface area contributed by atoms with E-state index in [1.54, 1.807) is 12.3 Å². The van der Waals surface area contributed by atoms with Gasteiger partial charge in [-0.3, -0.25) is 9.59 Å². The number of carbonyl (C=O) groups excluding carboxylic acids is 1. The molecular weight excluding hydrogens is 584 g/mol. The lowest BCUT2D eigenvalue weighted by Crippen LogP contribution is -2.31. The van der Waals surface area contributed by atoms with E-state index in [1.165, 1.54) is 17.8 Å². The molecule has 0 radical (unpaired) electrons. The number of unbranched alkanes of at least 4 members (excludes halogenated alkanes) is 3. The van der Waals surface area contributed by atoms with Crippen LogP contribution in [0.15, 0.2) is 71.9 Å². The standard InChI is InChI=1S/C33H38N2O8S/c36-20-23-11-13-24(14-12-23)28-18-26(21-44-31-27(32(40)41)6-5-17-34-31)42-33(43-28)25-15-9-22(10-16-25)19-35-29(37)7-3-1-2-4-8-30(38)39/h5-6,9-17,26,28,33,36H,1-4,7-8,18-21H2,(H,35,37)(H,38,39)(H,40,41). The number of carboxylic acids is 2. The molecule has 0 spiro atoms. The fourth-order valence-corrected chi connectivity index (χ4v) is 5.86. The fraction of sp³-hybridized carbons (Fsp3) is 0.394. The number of nitrogens with zero attached hydrogens (tertiary/aromatic N) is 1. The molecule has 2 aromatic carbocycles. The molecule has 3 aromatic rings. The minimum absolute atomic E-state index is 0.0411. The predicted molar refractivity (Wildman–Crippen MR) is 164 cm³/mol. The van der Waals surface area contributed by atoms with Crippen molar-refractivity contribution < 1.29 is 39.2 Å². The molecule has 1 amide bonds. The maximum absolute atomic E-state index is 12.2. The Morgan fingerprint density at radius 2 is 1.55 bits per heavy atom. The number of rotatable bonds is 16. The van der Waals surface area contributed by atoms with Gasteiger partial charge in [-0.1, -0.05) is 61.4 Å². The van der Waals surface area contributed by atoms with Crippen LogP contribution in [-0.2, 0) is 32.2 Å². The molecule has 10 nitrogen and oxygen atoms in total. The van der Waals surface area contributed by atoms with Gasteiger partial charge in [0.15, 0.2) is 6.29 Å². The van der Waals surface area contributed by atoms with Crippen LogP contribution in [0.1, 0.15) is 90.0 Å². The molecule has 3 unspecified atom stereocenters. The number of carbonyl (C=O) groups is 3. The van der Waals surface area contributed by atoms with Gasteiger partial charge in [0.1, 0.15) is 5.03 Å². The molecule has 0 saturated carbocycles. The number of thioether (sulfide) groups is 1. The van der Waals surface area contributed by atoms with E-state index >= 15 is 0 Å². The molecule has 1 aliphatic rings. The van der Waals surface area contributed by atoms with Crippen molar-refractivity contribution in [3.63, 3.8) is 0 Å². The molecule has 234 valence electrons. The van der Waals surface area contributed by atoms with Crippen LogP contribution in [0.3, 0.4) is 0 Å². The van der Waals surface area contributed by atoms with E-state index < -0.39 is 18.2 Å². The number of aromatic nitrogens is 1. The summed E-state index contributed by atoms with van der Waals surface area (Å²) in [4.78, 5) is 38.7. The lowest BCUT2D eigenvalue weighted by Gasteiger charge is -2.36. The Balaban J connectivity index is 1.36. The molecule has 1 aromatic heterocycles. The SMILES string of the molecule is O=C(O)CCCCCCC(=O)NCc1ccc(C2OC(CSc3ncccc3C(=O)O)CC(c3ccc(CO)cc3)O2)cc1. The monoisotopic (exact) mass is 622 g/mol. The number of hydrogen-bond acceptors (Lipinski definition) is 8. The van der Waals surface area contributed by atoms with Gasteiger partial charge in [-0.05, 0) is 41.7 Å². The Bertz CT molecular complexity index is 1380. The summed E-state index contributed by atoms with van der Waals surface area (Å²) in [5.74, 6) is -1.39. The first kappa shape index (κ1) is 33.1. The third-order valence-electron chi connectivity index (χ3n) is 7.31. The number of benzene rings is 2. The second-order valence-electron chi connectivity index (χ2n) is 10.6. The lowest BCUT2D eigenvalue weighted by atomic mass is 10.0. The molecule has 3 atom stereocenters. The Morgan fingerprint density at radius 1 is 0.864 bits per heavy atom. The highest BCUT2D eigenvalue weighted by atomic mass is 32.2. The summed E-state index contributed by atoms with van der Waals surface area (Å²) >= 11 is 1.34. The van der Waals surface area contributed by atoms with E-state index in [2.05, 4.69) is 10.3 Å². The molecule has 0 aliphatic carbocycles. The molecule has 4 N–H and O–H groups in total. The Kier molecular flexibility index (Phi) is 12.7. The lowest BCUT2D eigenvalue weighted by molar-refractivity contribution is -0.245. The van der Waals surface area contributed by atoms with Crippen LogP contribution in [-0.4, -0.2) is 50.0 Å². The quantitative estimate of drug-likeness (QED) is 0.116. The summed E-state index contributed by atoms with van der Waals surface area (Å²) in [6.07, 6.45) is 4.47. The molecule has 0 bridgehead atoms. The van der Waals surface area contributed by atoms with E-state index in [1.807, 2.05) is 48.5 Å². The summed E-state index contributed by atoms with van der Waals surface area (Å²) in [7, 11) is 0. The van der Waals surface area contributed by atoms with Crippen molar-refractivity contribution in [1.29, 1.82) is 0 Å². The first-order chi connectivity index (χ1) is 21.3. The largest absolute Gasteiger partial charge is 0.481 e. The average molecular weight is 623 g/mol. The third kappa shape index (κ3) is 10.2. The van der Waals surface area contributed by atoms with Gasteiger partial charge in [-0.15, -0.1) is 11.8 Å². The molecule has 44 heavy (non-hydrogen) atoms. The Morgan fingerprint density at radius 3 is 2.23 bits per heavy atom. The highest BCUT2D eigenvalue weighted by Crippen LogP contribution is 2.39. The fourth-order valence-electron chi connectivity index (χ4n) is 4.86. The zero-order valence-electron chi connectivity index (χ0n) is 24.4. The van der Waals surface area contributed by atoms with E-state index in [9.17, 15) is 24.6 Å². The number of aliphatic carboxylic acids is 1. The summed E-state index contributed by atoms with van der Waals surface area (Å²) in [5.41, 5.74) is 3.65. The van der Waals surface area contributed by atoms with Gasteiger partial charge in [-0.25, -0.2) is 9.78 Å². The summed E-state index contributed by atoms with van der Waals surface area (Å²) in [6.45, 7) is 0.341. The Labute approximate surface area is 260 Å². The Hall–Kier alpha value is -3.77. The van der Waals surface area contributed by atoms with Gasteiger partial charge in [0.2, 0.25) is 5.91 Å². The van der Waals surface area contributed by atoms with E-state index in [0.717, 1.165) is 41.5 Å².